The van der Waals surface area contributed by atoms with Gasteiger partial charge in [0.2, 0.25) is 5.90 Å². The van der Waals surface area contributed by atoms with Crippen LogP contribution in [0.2, 0.25) is 0 Å². The van der Waals surface area contributed by atoms with Crippen LogP contribution in [0.5, 0.6) is 17.2 Å². The van der Waals surface area contributed by atoms with Gasteiger partial charge in [0, 0.05) is 30.7 Å². The third-order valence-electron chi connectivity index (χ3n) is 5.14. The fourth-order valence-electron chi connectivity index (χ4n) is 3.56. The summed E-state index contributed by atoms with van der Waals surface area (Å²) in [6.07, 6.45) is 1.07. The van der Waals surface area contributed by atoms with E-state index in [0.29, 0.717) is 36.3 Å². The normalized spacial score (nSPS) is 16.6. The van der Waals surface area contributed by atoms with Crippen LogP contribution in [0.25, 0.3) is 11.3 Å². The van der Waals surface area contributed by atoms with Crippen molar-refractivity contribution >= 4 is 15.7 Å². The first-order chi connectivity index (χ1) is 16.2. The summed E-state index contributed by atoms with van der Waals surface area (Å²) < 4.78 is 46.5. The lowest BCUT2D eigenvalue weighted by molar-refractivity contribution is 0.0920. The van der Waals surface area contributed by atoms with Gasteiger partial charge in [0.15, 0.2) is 9.84 Å². The van der Waals surface area contributed by atoms with Gasteiger partial charge in [-0.2, -0.15) is 0 Å². The van der Waals surface area contributed by atoms with Crippen LogP contribution in [0.1, 0.15) is 19.5 Å². The average molecular weight is 485 g/mol. The van der Waals surface area contributed by atoms with E-state index < -0.39 is 9.84 Å². The molecular weight excluding hydrogens is 456 g/mol. The number of H-pyrrole nitrogens is 1. The summed E-state index contributed by atoms with van der Waals surface area (Å²) in [5.41, 5.74) is 2.50. The minimum atomic E-state index is -3.28. The molecule has 4 rings (SSSR count). The highest BCUT2D eigenvalue weighted by molar-refractivity contribution is 7.90. The molecule has 0 radical (unpaired) electrons. The van der Waals surface area contributed by atoms with Crippen molar-refractivity contribution < 1.29 is 27.4 Å². The largest absolute Gasteiger partial charge is 0.488 e. The molecule has 9 heteroatoms. The fourth-order valence-corrected chi connectivity index (χ4v) is 4.19. The summed E-state index contributed by atoms with van der Waals surface area (Å²) in [5.74, 6) is 2.27. The number of aromatic amines is 1. The highest BCUT2D eigenvalue weighted by atomic mass is 32.2. The number of aliphatic imine (C=N–C) groups is 1. The molecule has 1 aliphatic rings. The van der Waals surface area contributed by atoms with Crippen molar-refractivity contribution in [3.8, 4) is 28.5 Å². The zero-order valence-corrected chi connectivity index (χ0v) is 20.4. The first-order valence-electron chi connectivity index (χ1n) is 10.9. The molecule has 0 spiro atoms. The van der Waals surface area contributed by atoms with Gasteiger partial charge in [0.1, 0.15) is 35.2 Å². The second kappa shape index (κ2) is 9.90. The standard InChI is InChI=1S/C25H28N2O6S/c1-16-14-26-25(32-16)24-10-9-23(27-24)18-11-20(31-17(2)15-30-3)13-21(12-18)33-19-5-7-22(8-6-19)34(4,28)29/h5-13,16-17,27H,14-15H2,1-4H3/t16-,17-/m0/s1. The zero-order valence-electron chi connectivity index (χ0n) is 19.6. The molecule has 0 fully saturated rings. The Morgan fingerprint density at radius 1 is 1.06 bits per heavy atom. The van der Waals surface area contributed by atoms with Crippen molar-refractivity contribution in [1.82, 2.24) is 4.98 Å². The van der Waals surface area contributed by atoms with Crippen LogP contribution in [0, 0.1) is 0 Å². The Balaban J connectivity index is 1.64. The highest BCUT2D eigenvalue weighted by Gasteiger charge is 2.19. The van der Waals surface area contributed by atoms with E-state index in [-0.39, 0.29) is 17.1 Å². The Bertz CT molecular complexity index is 1280. The van der Waals surface area contributed by atoms with E-state index in [1.807, 2.05) is 38.1 Å². The molecule has 1 aliphatic heterocycles. The molecule has 8 nitrogen and oxygen atoms in total. The van der Waals surface area contributed by atoms with E-state index in [2.05, 4.69) is 9.98 Å². The van der Waals surface area contributed by atoms with Gasteiger partial charge in [0.05, 0.1) is 18.0 Å². The number of hydrogen-bond donors (Lipinski definition) is 1. The molecule has 0 aliphatic carbocycles. The smallest absolute Gasteiger partial charge is 0.233 e. The van der Waals surface area contributed by atoms with E-state index in [1.54, 1.807) is 25.3 Å². The van der Waals surface area contributed by atoms with Crippen LogP contribution >= 0.6 is 0 Å². The second-order valence-corrected chi connectivity index (χ2v) is 10.3. The van der Waals surface area contributed by atoms with Crippen LogP contribution in [-0.2, 0) is 19.3 Å². The number of nitrogens with one attached hydrogen (secondary N) is 1. The number of rotatable bonds is 9. The van der Waals surface area contributed by atoms with Crippen molar-refractivity contribution in [2.75, 3.05) is 26.5 Å². The molecule has 2 aromatic carbocycles. The summed E-state index contributed by atoms with van der Waals surface area (Å²) in [7, 11) is -1.66. The number of aromatic nitrogens is 1. The Morgan fingerprint density at radius 2 is 1.76 bits per heavy atom. The number of sulfone groups is 1. The summed E-state index contributed by atoms with van der Waals surface area (Å²) in [6, 6.07) is 15.8. The quantitative estimate of drug-likeness (QED) is 0.482. The second-order valence-electron chi connectivity index (χ2n) is 8.28. The first-order valence-corrected chi connectivity index (χ1v) is 12.8. The fraction of sp³-hybridized carbons (Fsp3) is 0.320. The SMILES string of the molecule is COC[C@H](C)Oc1cc(Oc2ccc(S(C)(=O)=O)cc2)cc(-c2ccc(C3=NC[C@H](C)O3)[nH]2)c1. The van der Waals surface area contributed by atoms with Crippen LogP contribution in [0.3, 0.4) is 0 Å². The van der Waals surface area contributed by atoms with Crippen molar-refractivity contribution in [1.29, 1.82) is 0 Å². The van der Waals surface area contributed by atoms with Gasteiger partial charge in [0.25, 0.3) is 0 Å². The monoisotopic (exact) mass is 484 g/mol. The summed E-state index contributed by atoms with van der Waals surface area (Å²) in [5, 5.41) is 0. The molecule has 0 amide bonds. The lowest BCUT2D eigenvalue weighted by Gasteiger charge is -2.16. The molecule has 0 unspecified atom stereocenters. The molecule has 2 heterocycles. The average Bonchev–Trinajstić information content (AvgIpc) is 3.43. The molecule has 3 aromatic rings. The van der Waals surface area contributed by atoms with E-state index in [9.17, 15) is 8.42 Å². The third-order valence-corrected chi connectivity index (χ3v) is 6.27. The van der Waals surface area contributed by atoms with E-state index in [0.717, 1.165) is 17.0 Å². The highest BCUT2D eigenvalue weighted by Crippen LogP contribution is 2.33. The first kappa shape index (κ1) is 23.8. The molecule has 2 atom stereocenters. The molecule has 0 saturated carbocycles. The van der Waals surface area contributed by atoms with Crippen molar-refractivity contribution in [3.05, 3.63) is 60.3 Å². The molecule has 180 valence electrons. The van der Waals surface area contributed by atoms with E-state index in [4.69, 9.17) is 18.9 Å². The van der Waals surface area contributed by atoms with Crippen LogP contribution in [-0.4, -0.2) is 58.0 Å². The Labute approximate surface area is 199 Å². The lowest BCUT2D eigenvalue weighted by Crippen LogP contribution is -2.17. The Morgan fingerprint density at radius 3 is 2.41 bits per heavy atom. The van der Waals surface area contributed by atoms with Gasteiger partial charge in [-0.1, -0.05) is 0 Å². The predicted octanol–water partition coefficient (Wildman–Crippen LogP) is 4.46. The van der Waals surface area contributed by atoms with Crippen molar-refractivity contribution in [3.63, 3.8) is 0 Å². The van der Waals surface area contributed by atoms with Crippen molar-refractivity contribution in [2.24, 2.45) is 4.99 Å². The Hall–Kier alpha value is -3.30. The van der Waals surface area contributed by atoms with Gasteiger partial charge < -0.3 is 23.9 Å². The topological polar surface area (TPSA) is 99.2 Å². The molecule has 0 saturated heterocycles. The predicted molar refractivity (Wildman–Crippen MR) is 130 cm³/mol. The number of benzene rings is 2. The van der Waals surface area contributed by atoms with Gasteiger partial charge >= 0.3 is 0 Å². The van der Waals surface area contributed by atoms with Gasteiger partial charge in [-0.25, -0.2) is 13.4 Å². The van der Waals surface area contributed by atoms with Gasteiger partial charge in [-0.3, -0.25) is 0 Å². The lowest BCUT2D eigenvalue weighted by atomic mass is 10.1. The molecule has 1 aromatic heterocycles. The van der Waals surface area contributed by atoms with Crippen molar-refractivity contribution in [2.45, 2.75) is 31.0 Å². The van der Waals surface area contributed by atoms with Gasteiger partial charge in [-0.05, 0) is 62.4 Å². The van der Waals surface area contributed by atoms with Gasteiger partial charge in [-0.15, -0.1) is 0 Å². The minimum Gasteiger partial charge on any atom is -0.488 e. The summed E-state index contributed by atoms with van der Waals surface area (Å²) in [6.45, 7) is 4.98. The summed E-state index contributed by atoms with van der Waals surface area (Å²) in [4.78, 5) is 8.01. The molecule has 1 N–H and O–H groups in total. The van der Waals surface area contributed by atoms with Crippen LogP contribution < -0.4 is 9.47 Å². The maximum Gasteiger partial charge on any atom is 0.233 e. The summed E-state index contributed by atoms with van der Waals surface area (Å²) >= 11 is 0. The zero-order chi connectivity index (χ0) is 24.3. The maximum atomic E-state index is 11.7. The molecule has 34 heavy (non-hydrogen) atoms. The maximum absolute atomic E-state index is 11.7. The molecular formula is C25H28N2O6S. The van der Waals surface area contributed by atoms with Crippen LogP contribution in [0.15, 0.2) is 64.5 Å². The van der Waals surface area contributed by atoms with E-state index >= 15 is 0 Å². The number of methoxy groups -OCH3 is 1. The number of hydrogen-bond acceptors (Lipinski definition) is 7. The minimum absolute atomic E-state index is 0.0647. The Kier molecular flexibility index (Phi) is 6.95. The number of ether oxygens (including phenoxy) is 4. The number of nitrogens with zero attached hydrogens (tertiary/aromatic N) is 1. The molecule has 0 bridgehead atoms. The van der Waals surface area contributed by atoms with E-state index in [1.165, 1.54) is 18.4 Å². The third kappa shape index (κ3) is 5.78. The van der Waals surface area contributed by atoms with Crippen LogP contribution in [0.4, 0.5) is 0 Å².